The molecule has 3 aliphatic carbocycles. The summed E-state index contributed by atoms with van der Waals surface area (Å²) in [5.74, 6) is -5.28. The average molecular weight is 2020 g/mol. The number of benzene rings is 6. The Hall–Kier alpha value is -13.5. The normalized spacial score (nSPS) is 17.6. The number of nitrogen functional groups attached to an aromatic ring is 1. The molecule has 9 aromatic rings. The number of hydrazine groups is 1. The molecule has 782 valence electrons. The molecule has 6 aliphatic rings. The number of aliphatic hydroxyl groups is 8. The van der Waals surface area contributed by atoms with E-state index in [0.29, 0.717) is 156 Å². The van der Waals surface area contributed by atoms with Crippen molar-refractivity contribution in [2.24, 2.45) is 0 Å². The second-order valence-electron chi connectivity index (χ2n) is 33.5. The second-order valence-corrected chi connectivity index (χ2v) is 33.5. The molecule has 48 nitrogen and oxygen atoms in total. The number of aromatic hydroxyl groups is 6. The number of likely N-dealkylation sites (N-methyl/N-ethyl adjacent to an activating group) is 1. The first-order valence-corrected chi connectivity index (χ1v) is 46.9. The quantitative estimate of drug-likeness (QED) is 0.0148. The number of hydrogen-bond acceptors (Lipinski definition) is 44. The van der Waals surface area contributed by atoms with E-state index in [1.165, 1.54) is 49.4 Å². The number of nitrogens with two attached hydrogens (primary N) is 1. The largest absolute Gasteiger partial charge is 1.00 e. The summed E-state index contributed by atoms with van der Waals surface area (Å²) in [5, 5.41) is 162. The van der Waals surface area contributed by atoms with Crippen LogP contribution in [0.3, 0.4) is 0 Å². The Morgan fingerprint density at radius 1 is 0.451 bits per heavy atom. The van der Waals surface area contributed by atoms with Gasteiger partial charge in [0.05, 0.1) is 98.5 Å². The molecule has 144 heavy (non-hydrogen) atoms. The molecular formula is C96H130N18O30+2. The average Bonchev–Trinajstić information content (AvgIpc) is 1.06. The van der Waals surface area contributed by atoms with Crippen LogP contribution in [0.5, 0.6) is 34.5 Å². The minimum Gasteiger partial charge on any atom is -0.507 e. The lowest BCUT2D eigenvalue weighted by atomic mass is 9.81. The van der Waals surface area contributed by atoms with Crippen molar-refractivity contribution >= 4 is 104 Å². The maximum Gasteiger partial charge on any atom is 1.00 e. The van der Waals surface area contributed by atoms with Crippen molar-refractivity contribution in [1.82, 2.24) is 44.7 Å². The molecule has 15 rings (SSSR count). The van der Waals surface area contributed by atoms with Crippen molar-refractivity contribution in [3.8, 4) is 34.5 Å². The van der Waals surface area contributed by atoms with Gasteiger partial charge < -0.3 is 163 Å². The summed E-state index contributed by atoms with van der Waals surface area (Å²) in [6, 6.07) is 17.2. The van der Waals surface area contributed by atoms with Gasteiger partial charge in [0.1, 0.15) is 71.5 Å². The number of nitrogens with zero attached hydrogens (tertiary/aromatic N) is 7. The number of nitrogens with one attached hydrogen (secondary N) is 10. The van der Waals surface area contributed by atoms with E-state index >= 15 is 0 Å². The van der Waals surface area contributed by atoms with Gasteiger partial charge in [-0.05, 0) is 158 Å². The van der Waals surface area contributed by atoms with E-state index in [4.69, 9.17) is 64.5 Å². The van der Waals surface area contributed by atoms with Crippen molar-refractivity contribution in [2.45, 2.75) is 128 Å². The number of phenolic OH excluding ortho intramolecular Hbond substituents is 6. The van der Waals surface area contributed by atoms with E-state index in [1.54, 1.807) is 53.2 Å². The summed E-state index contributed by atoms with van der Waals surface area (Å²) in [6.45, 7) is 11.9. The molecule has 28 N–H and O–H groups in total. The number of anilines is 9. The SMILES string of the molecule is C=O.CCOC1OC(N2CCc3c2nc(N)[nH]c3=O)C(O)C1OC.CCOC1OC(n2cnc3c(=O)[nH]c(NN(CCO)CCNc4ccc(NCCCCCO)c5c4C(=O)c4c(O)ccc(O)c4C5=O)nc32)C(O)C1OC.CN(CCO)CCNc1ccc(NCCCCCO)c2c1C(=O)c1c(O)ccc(O)c1C2=O.O.O=C1c2c(O)ccc(O)c2C(=O)c2c(NCCNCCO)ccc(NCCCCCO)c21.[H+].[H+]. The number of rotatable bonds is 46. The predicted molar refractivity (Wildman–Crippen MR) is 531 cm³/mol. The molecule has 0 radical (unpaired) electrons. The van der Waals surface area contributed by atoms with E-state index < -0.39 is 101 Å². The Morgan fingerprint density at radius 3 is 1.20 bits per heavy atom. The number of hydrogen-bond donors (Lipinski definition) is 25. The number of unbranched alkanes of at least 4 members (excludes halogenated alkanes) is 6. The van der Waals surface area contributed by atoms with E-state index in [1.807, 2.05) is 25.7 Å². The fourth-order valence-corrected chi connectivity index (χ4v) is 17.4. The smallest absolute Gasteiger partial charge is 0.507 e. The minimum absolute atomic E-state index is 0. The van der Waals surface area contributed by atoms with Crippen molar-refractivity contribution in [1.29, 1.82) is 0 Å². The van der Waals surface area contributed by atoms with Crippen LogP contribution in [0.15, 0.2) is 88.7 Å². The molecule has 8 atom stereocenters. The first kappa shape index (κ1) is 112. The summed E-state index contributed by atoms with van der Waals surface area (Å²) >= 11 is 0. The number of H-pyrrole nitrogens is 2. The van der Waals surface area contributed by atoms with Crippen LogP contribution in [0.4, 0.5) is 51.8 Å². The number of fused-ring (bicyclic) bond motifs is 8. The van der Waals surface area contributed by atoms with E-state index in [2.05, 4.69) is 67.6 Å². The molecule has 6 aromatic carbocycles. The molecular weight excluding hydrogens is 1890 g/mol. The van der Waals surface area contributed by atoms with Gasteiger partial charge in [-0.1, -0.05) is 0 Å². The van der Waals surface area contributed by atoms with Crippen molar-refractivity contribution < 1.29 is 142 Å². The third-order valence-electron chi connectivity index (χ3n) is 24.3. The van der Waals surface area contributed by atoms with Gasteiger partial charge in [0.15, 0.2) is 36.2 Å². The minimum atomic E-state index is -1.17. The fraction of sp³-hybridized carbons (Fsp3) is 0.458. The maximum absolute atomic E-state index is 13.9. The lowest BCUT2D eigenvalue weighted by Crippen LogP contribution is -2.44. The van der Waals surface area contributed by atoms with E-state index in [-0.39, 0.29) is 186 Å². The Bertz CT molecular complexity index is 6000. The van der Waals surface area contributed by atoms with Gasteiger partial charge in [0, 0.05) is 166 Å². The molecule has 3 aliphatic heterocycles. The van der Waals surface area contributed by atoms with Crippen molar-refractivity contribution in [2.75, 3.05) is 207 Å². The van der Waals surface area contributed by atoms with Gasteiger partial charge in [-0.25, -0.2) is 9.99 Å². The summed E-state index contributed by atoms with van der Waals surface area (Å²) in [6.07, 6.45) is 1.70. The standard InChI is InChI=1S/C35H44N8O11.C24H31N3O6.C23H29N3O6.C13H20N4O5.CH2O.H2O/c1-3-53-34-30(52-2)29(50)33(54-34)43-17-38-26-31(43)39-35(40-32(26)51)41-42(14-16-45)13-12-37-19-8-7-18(36-11-5-4-6-15-44)22-23(19)28(49)25-21(47)10-9-20(46)24(25)27(22)48;1-27(12-14-29)11-10-26-16-6-5-15(25-9-3-2-4-13-28)19-20(16)24(33)22-18(31)8-7-17(30)21(22)23(19)32;27-12-3-1-2-8-25-14-4-5-15(26-10-9-24-11-13-28)19-18(14)22(31)20-16(29)6-7-17(30)21(20)23(19)32;1-3-21-12-8(20-2)7(18)11(22-12)17-5-4-6-9(17)15-13(14)16-10(6)19;1-2;/h7-10,17,29-30,33-34,36-37,44-47,50H,3-6,11-16H2,1-2H3,(H2,39,40,41,51);5-8,25-26,28-31H,2-4,9-14H2,1H3;4-7,24-30H,1-3,8-13H2;7-8,11-12,18H,3-5H2,1-2H3,(H3,14,15,16,19);1H2;1H2/p+2. The van der Waals surface area contributed by atoms with Gasteiger partial charge >= 0.3 is 2.85 Å². The highest BCUT2D eigenvalue weighted by Crippen LogP contribution is 2.47. The summed E-state index contributed by atoms with van der Waals surface area (Å²) < 4.78 is 34.8. The molecule has 0 spiro atoms. The Labute approximate surface area is 828 Å². The zero-order valence-corrected chi connectivity index (χ0v) is 80.3. The van der Waals surface area contributed by atoms with Gasteiger partial charge in [0.25, 0.3) is 11.1 Å². The number of carbonyl (C=O) groups excluding carboxylic acids is 7. The highest BCUT2D eigenvalue weighted by molar-refractivity contribution is 6.36. The molecule has 48 heteroatoms. The molecule has 0 amide bonds. The van der Waals surface area contributed by atoms with Crippen LogP contribution in [0.2, 0.25) is 0 Å². The number of ether oxygens (including phenoxy) is 6. The monoisotopic (exact) mass is 2010 g/mol. The lowest BCUT2D eigenvalue weighted by molar-refractivity contribution is -0.178. The highest BCUT2D eigenvalue weighted by atomic mass is 16.7. The van der Waals surface area contributed by atoms with Gasteiger partial charge in [-0.15, -0.1) is 0 Å². The molecule has 6 heterocycles. The first-order chi connectivity index (χ1) is 69.1. The van der Waals surface area contributed by atoms with Crippen molar-refractivity contribution in [3.63, 3.8) is 0 Å². The van der Waals surface area contributed by atoms with Crippen LogP contribution < -0.4 is 64.4 Å². The zero-order chi connectivity index (χ0) is 103. The Kier molecular flexibility index (Phi) is 42.0. The van der Waals surface area contributed by atoms with Crippen LogP contribution >= 0.6 is 0 Å². The number of phenols is 6. The van der Waals surface area contributed by atoms with E-state index in [9.17, 15) is 84.3 Å². The highest BCUT2D eigenvalue weighted by Gasteiger charge is 2.51. The Balaban J connectivity index is 0.000000246. The van der Waals surface area contributed by atoms with Gasteiger partial charge in [-0.3, -0.25) is 58.3 Å². The molecule has 2 fully saturated rings. The predicted octanol–water partition coefficient (Wildman–Crippen LogP) is 2.13. The van der Waals surface area contributed by atoms with E-state index in [0.717, 1.165) is 44.2 Å². The third-order valence-corrected chi connectivity index (χ3v) is 24.3. The summed E-state index contributed by atoms with van der Waals surface area (Å²) in [4.78, 5) is 136. The topological polar surface area (TPSA) is 731 Å². The maximum atomic E-state index is 13.9. The first-order valence-electron chi connectivity index (χ1n) is 46.9. The number of methoxy groups -OCH3 is 2. The number of carbonyl (C=O) groups is 7. The van der Waals surface area contributed by atoms with Crippen molar-refractivity contribution in [3.05, 3.63) is 172 Å². The number of aromatic amines is 2. The van der Waals surface area contributed by atoms with Gasteiger partial charge in [-0.2, -0.15) is 9.97 Å². The number of aromatic nitrogens is 6. The van der Waals surface area contributed by atoms with Crippen LogP contribution in [0.1, 0.15) is 182 Å². The van der Waals surface area contributed by atoms with Crippen LogP contribution in [-0.4, -0.2) is 360 Å². The molecule has 0 saturated carbocycles. The van der Waals surface area contributed by atoms with Crippen LogP contribution in [0, 0.1) is 0 Å². The van der Waals surface area contributed by atoms with Crippen LogP contribution in [0.25, 0.3) is 11.2 Å². The Morgan fingerprint density at radius 2 is 0.826 bits per heavy atom. The third kappa shape index (κ3) is 25.5. The van der Waals surface area contributed by atoms with Crippen LogP contribution in [-0.2, 0) is 39.6 Å². The van der Waals surface area contributed by atoms with Gasteiger partial charge in [0.2, 0.25) is 46.6 Å². The molecule has 8 unspecified atom stereocenters. The summed E-state index contributed by atoms with van der Waals surface area (Å²) in [7, 11) is 4.78. The molecule has 3 aromatic heterocycles. The zero-order valence-electron chi connectivity index (χ0n) is 82.3. The molecule has 0 bridgehead atoms. The number of ketones is 6. The number of imidazole rings is 1. The lowest BCUT2D eigenvalue weighted by Gasteiger charge is -2.27. The second kappa shape index (κ2) is 53.7. The summed E-state index contributed by atoms with van der Waals surface area (Å²) in [5.41, 5.74) is 10.2. The number of aliphatic hydroxyl groups excluding tert-OH is 8. The fourth-order valence-electron chi connectivity index (χ4n) is 17.4. The molecule has 2 saturated heterocycles.